The standard InChI is InChI=1S/C20H15BrF4N2O3/c1-9-8-27(10(2)26-9)16-4-3-12(21)7-13(16)18(29)17(28)11-5-14(22)19(15(23)6-11)30-20(24)25/h3-8,17,20,28H,1-2H3. The monoisotopic (exact) mass is 486 g/mol. The number of imidazole rings is 1. The summed E-state index contributed by atoms with van der Waals surface area (Å²) >= 11 is 3.26. The third-order valence-electron chi connectivity index (χ3n) is 4.28. The predicted molar refractivity (Wildman–Crippen MR) is 103 cm³/mol. The van der Waals surface area contributed by atoms with Gasteiger partial charge in [-0.05, 0) is 49.7 Å². The first-order chi connectivity index (χ1) is 14.1. The largest absolute Gasteiger partial charge is 0.429 e. The van der Waals surface area contributed by atoms with E-state index in [1.54, 1.807) is 36.7 Å². The molecule has 0 aliphatic rings. The number of aromatic nitrogens is 2. The molecule has 1 heterocycles. The second kappa shape index (κ2) is 8.57. The number of hydrogen-bond acceptors (Lipinski definition) is 4. The molecule has 1 aromatic heterocycles. The van der Waals surface area contributed by atoms with E-state index in [0.717, 1.165) is 0 Å². The maximum Gasteiger partial charge on any atom is 0.387 e. The number of ether oxygens (including phenoxy) is 1. The Hall–Kier alpha value is -2.72. The van der Waals surface area contributed by atoms with Crippen molar-refractivity contribution < 1.29 is 32.2 Å². The van der Waals surface area contributed by atoms with E-state index in [9.17, 15) is 27.5 Å². The molecule has 2 aromatic carbocycles. The highest BCUT2D eigenvalue weighted by molar-refractivity contribution is 9.10. The molecular formula is C20H15BrF4N2O3. The molecule has 3 rings (SSSR count). The van der Waals surface area contributed by atoms with Crippen LogP contribution < -0.4 is 4.74 Å². The summed E-state index contributed by atoms with van der Waals surface area (Å²) in [5.74, 6) is -4.48. The van der Waals surface area contributed by atoms with Crippen LogP contribution in [0.5, 0.6) is 5.75 Å². The van der Waals surface area contributed by atoms with Crippen molar-refractivity contribution in [2.45, 2.75) is 26.6 Å². The minimum Gasteiger partial charge on any atom is -0.429 e. The number of aliphatic hydroxyl groups excluding tert-OH is 1. The number of carbonyl (C=O) groups excluding carboxylic acids is 1. The molecule has 10 heteroatoms. The molecule has 0 aliphatic carbocycles. The molecule has 3 aromatic rings. The summed E-state index contributed by atoms with van der Waals surface area (Å²) in [6, 6.07) is 5.92. The Kier molecular flexibility index (Phi) is 6.27. The second-order valence-corrected chi connectivity index (χ2v) is 7.34. The molecule has 1 unspecified atom stereocenters. The van der Waals surface area contributed by atoms with Gasteiger partial charge in [0.05, 0.1) is 11.4 Å². The molecule has 5 nitrogen and oxygen atoms in total. The fourth-order valence-corrected chi connectivity index (χ4v) is 3.38. The quantitative estimate of drug-likeness (QED) is 0.391. The molecule has 0 saturated heterocycles. The van der Waals surface area contributed by atoms with Gasteiger partial charge in [-0.1, -0.05) is 15.9 Å². The van der Waals surface area contributed by atoms with Gasteiger partial charge in [-0.2, -0.15) is 8.78 Å². The lowest BCUT2D eigenvalue weighted by molar-refractivity contribution is -0.0547. The lowest BCUT2D eigenvalue weighted by Crippen LogP contribution is -2.16. The van der Waals surface area contributed by atoms with Crippen LogP contribution in [0.15, 0.2) is 41.0 Å². The first-order valence-corrected chi connectivity index (χ1v) is 9.36. The predicted octanol–water partition coefficient (Wildman–Crippen LogP) is 5.05. The number of ketones is 1. The van der Waals surface area contributed by atoms with Crippen LogP contribution >= 0.6 is 15.9 Å². The van der Waals surface area contributed by atoms with E-state index in [-0.39, 0.29) is 5.56 Å². The number of benzene rings is 2. The van der Waals surface area contributed by atoms with Crippen molar-refractivity contribution >= 4 is 21.7 Å². The van der Waals surface area contributed by atoms with Gasteiger partial charge in [0.1, 0.15) is 11.9 Å². The van der Waals surface area contributed by atoms with Gasteiger partial charge in [0.25, 0.3) is 0 Å². The van der Waals surface area contributed by atoms with Crippen molar-refractivity contribution in [1.82, 2.24) is 9.55 Å². The second-order valence-electron chi connectivity index (χ2n) is 6.42. The van der Waals surface area contributed by atoms with Crippen molar-refractivity contribution in [3.63, 3.8) is 0 Å². The van der Waals surface area contributed by atoms with Gasteiger partial charge in [0.2, 0.25) is 0 Å². The fourth-order valence-electron chi connectivity index (χ4n) is 3.02. The number of hydrogen-bond donors (Lipinski definition) is 1. The van der Waals surface area contributed by atoms with Gasteiger partial charge >= 0.3 is 6.61 Å². The van der Waals surface area contributed by atoms with E-state index >= 15 is 0 Å². The van der Waals surface area contributed by atoms with Crippen LogP contribution in [0, 0.1) is 25.5 Å². The number of carbonyl (C=O) groups is 1. The molecule has 158 valence electrons. The van der Waals surface area contributed by atoms with Gasteiger partial charge in [0.15, 0.2) is 23.2 Å². The van der Waals surface area contributed by atoms with E-state index in [1.807, 2.05) is 0 Å². The van der Waals surface area contributed by atoms with E-state index in [0.29, 0.717) is 33.8 Å². The molecular weight excluding hydrogens is 472 g/mol. The molecule has 0 fully saturated rings. The highest BCUT2D eigenvalue weighted by Gasteiger charge is 2.26. The molecule has 30 heavy (non-hydrogen) atoms. The highest BCUT2D eigenvalue weighted by Crippen LogP contribution is 2.31. The number of alkyl halides is 2. The van der Waals surface area contributed by atoms with E-state index in [1.165, 1.54) is 6.07 Å². The van der Waals surface area contributed by atoms with E-state index in [4.69, 9.17) is 0 Å². The lowest BCUT2D eigenvalue weighted by atomic mass is 9.98. The number of nitrogens with zero attached hydrogens (tertiary/aromatic N) is 2. The molecule has 1 atom stereocenters. The van der Waals surface area contributed by atoms with Gasteiger partial charge in [-0.25, -0.2) is 13.8 Å². The van der Waals surface area contributed by atoms with Crippen molar-refractivity contribution in [2.75, 3.05) is 0 Å². The molecule has 0 aliphatic heterocycles. The molecule has 0 amide bonds. The first-order valence-electron chi connectivity index (χ1n) is 8.57. The lowest BCUT2D eigenvalue weighted by Gasteiger charge is -2.16. The maximum atomic E-state index is 14.0. The zero-order valence-electron chi connectivity index (χ0n) is 15.7. The number of halogens is 5. The third kappa shape index (κ3) is 4.39. The Morgan fingerprint density at radius 2 is 1.80 bits per heavy atom. The van der Waals surface area contributed by atoms with Crippen molar-refractivity contribution in [2.24, 2.45) is 0 Å². The average molecular weight is 487 g/mol. The van der Waals surface area contributed by atoms with Crippen molar-refractivity contribution in [1.29, 1.82) is 0 Å². The summed E-state index contributed by atoms with van der Waals surface area (Å²) in [4.78, 5) is 17.3. The number of rotatable bonds is 6. The van der Waals surface area contributed by atoms with Gasteiger partial charge in [-0.3, -0.25) is 4.79 Å². The Balaban J connectivity index is 2.03. The van der Waals surface area contributed by atoms with Crippen molar-refractivity contribution in [3.8, 4) is 11.4 Å². The Labute approximate surface area is 177 Å². The molecule has 1 N–H and O–H groups in total. The number of aryl methyl sites for hydroxylation is 2. The average Bonchev–Trinajstić information content (AvgIpc) is 3.01. The Morgan fingerprint density at radius 1 is 1.17 bits per heavy atom. The van der Waals surface area contributed by atoms with Crippen LogP contribution in [0.4, 0.5) is 17.6 Å². The maximum absolute atomic E-state index is 14.0. The summed E-state index contributed by atoms with van der Waals surface area (Å²) in [6.45, 7) is 0.0666. The SMILES string of the molecule is Cc1cn(-c2ccc(Br)cc2C(=O)C(O)c2cc(F)c(OC(F)F)c(F)c2)c(C)n1. The first kappa shape index (κ1) is 22.0. The van der Waals surface area contributed by atoms with Crippen LogP contribution in [0.2, 0.25) is 0 Å². The summed E-state index contributed by atoms with van der Waals surface area (Å²) in [5.41, 5.74) is 0.722. The number of aliphatic hydroxyl groups is 1. The van der Waals surface area contributed by atoms with Gasteiger partial charge < -0.3 is 14.4 Å². The highest BCUT2D eigenvalue weighted by atomic mass is 79.9. The van der Waals surface area contributed by atoms with Crippen LogP contribution in [0.3, 0.4) is 0 Å². The minimum atomic E-state index is -3.43. The van der Waals surface area contributed by atoms with Crippen LogP contribution in [0.1, 0.15) is 33.5 Å². The van der Waals surface area contributed by atoms with Gasteiger partial charge in [-0.15, -0.1) is 0 Å². The summed E-state index contributed by atoms with van der Waals surface area (Å²) in [5, 5.41) is 10.5. The molecule has 0 spiro atoms. The Morgan fingerprint density at radius 3 is 2.33 bits per heavy atom. The van der Waals surface area contributed by atoms with Crippen molar-refractivity contribution in [3.05, 3.63) is 75.3 Å². The Bertz CT molecular complexity index is 1090. The zero-order valence-corrected chi connectivity index (χ0v) is 17.3. The smallest absolute Gasteiger partial charge is 0.387 e. The summed E-state index contributed by atoms with van der Waals surface area (Å²) in [6.07, 6.45) is -0.259. The molecule has 0 saturated carbocycles. The normalized spacial score (nSPS) is 12.3. The minimum absolute atomic E-state index is 0.0612. The third-order valence-corrected chi connectivity index (χ3v) is 4.77. The van der Waals surface area contributed by atoms with E-state index in [2.05, 4.69) is 25.7 Å². The van der Waals surface area contributed by atoms with Crippen LogP contribution in [-0.4, -0.2) is 27.1 Å². The van der Waals surface area contributed by atoms with E-state index < -0.39 is 41.4 Å². The molecule has 0 radical (unpaired) electrons. The zero-order chi connectivity index (χ0) is 22.2. The topological polar surface area (TPSA) is 64.4 Å². The summed E-state index contributed by atoms with van der Waals surface area (Å²) < 4.78 is 58.6. The summed E-state index contributed by atoms with van der Waals surface area (Å²) in [7, 11) is 0. The van der Waals surface area contributed by atoms with Crippen LogP contribution in [0.25, 0.3) is 5.69 Å². The molecule has 0 bridgehead atoms. The number of Topliss-reactive ketones (excluding diaryl/α,β-unsaturated/α-hetero) is 1. The van der Waals surface area contributed by atoms with Crippen LogP contribution in [-0.2, 0) is 0 Å². The fraction of sp³-hybridized carbons (Fsp3) is 0.200. The van der Waals surface area contributed by atoms with Gasteiger partial charge in [0, 0.05) is 16.2 Å².